The third-order valence-corrected chi connectivity index (χ3v) is 4.89. The van der Waals surface area contributed by atoms with Crippen molar-refractivity contribution in [2.45, 2.75) is 43.5 Å². The maximum absolute atomic E-state index is 13.0. The molecule has 0 saturated heterocycles. The predicted octanol–water partition coefficient (Wildman–Crippen LogP) is 3.58. The van der Waals surface area contributed by atoms with Crippen molar-refractivity contribution in [3.8, 4) is 0 Å². The van der Waals surface area contributed by atoms with E-state index < -0.39 is 34.9 Å². The summed E-state index contributed by atoms with van der Waals surface area (Å²) >= 11 is 5.62. The minimum atomic E-state index is -4.64. The van der Waals surface area contributed by atoms with Gasteiger partial charge < -0.3 is 10.4 Å². The van der Waals surface area contributed by atoms with Crippen molar-refractivity contribution >= 4 is 17.5 Å². The molecule has 1 aliphatic rings. The van der Waals surface area contributed by atoms with Crippen LogP contribution in [0.3, 0.4) is 0 Å². The molecule has 2 aromatic heterocycles. The highest BCUT2D eigenvalue weighted by Gasteiger charge is 2.37. The Bertz CT molecular complexity index is 817. The molecule has 144 valence electrons. The number of halogens is 4. The fourth-order valence-corrected chi connectivity index (χ4v) is 3.41. The van der Waals surface area contributed by atoms with E-state index in [1.165, 1.54) is 18.3 Å². The Morgan fingerprint density at radius 2 is 2.00 bits per heavy atom. The van der Waals surface area contributed by atoms with Crippen molar-refractivity contribution < 1.29 is 23.1 Å². The molecule has 2 N–H and O–H groups in total. The Kier molecular flexibility index (Phi) is 5.67. The van der Waals surface area contributed by atoms with Crippen molar-refractivity contribution in [1.82, 2.24) is 15.3 Å². The number of rotatable bonds is 3. The quantitative estimate of drug-likeness (QED) is 0.827. The lowest BCUT2D eigenvalue weighted by atomic mass is 9.81. The van der Waals surface area contributed by atoms with Crippen LogP contribution in [-0.4, -0.2) is 33.1 Å². The van der Waals surface area contributed by atoms with Gasteiger partial charge in [0.1, 0.15) is 5.69 Å². The first-order valence-electron chi connectivity index (χ1n) is 8.39. The number of nitrogens with zero attached hydrogens (tertiary/aromatic N) is 2. The highest BCUT2D eigenvalue weighted by molar-refractivity contribution is 6.31. The van der Waals surface area contributed by atoms with Gasteiger partial charge in [-0.3, -0.25) is 9.78 Å². The van der Waals surface area contributed by atoms with Crippen LogP contribution >= 0.6 is 11.6 Å². The van der Waals surface area contributed by atoms with Gasteiger partial charge in [-0.1, -0.05) is 17.7 Å². The van der Waals surface area contributed by atoms with E-state index in [-0.39, 0.29) is 23.7 Å². The number of hydrogen-bond donors (Lipinski definition) is 2. The second-order valence-corrected chi connectivity index (χ2v) is 6.84. The van der Waals surface area contributed by atoms with Gasteiger partial charge in [0.15, 0.2) is 5.69 Å². The van der Waals surface area contributed by atoms with E-state index in [0.29, 0.717) is 12.8 Å². The minimum Gasteiger partial charge on any atom is -0.391 e. The van der Waals surface area contributed by atoms with Crippen LogP contribution in [0.25, 0.3) is 0 Å². The van der Waals surface area contributed by atoms with Gasteiger partial charge in [-0.15, -0.1) is 0 Å². The molecule has 1 fully saturated rings. The molecule has 1 saturated carbocycles. The lowest BCUT2D eigenvalue weighted by Gasteiger charge is -2.33. The Labute approximate surface area is 158 Å². The first-order valence-corrected chi connectivity index (χ1v) is 8.77. The summed E-state index contributed by atoms with van der Waals surface area (Å²) in [6.07, 6.45) is -2.89. The number of aliphatic hydroxyl groups is 1. The normalized spacial score (nSPS) is 23.1. The molecule has 0 radical (unpaired) electrons. The number of aliphatic hydroxyl groups excluding tert-OH is 1. The molecule has 5 nitrogen and oxygen atoms in total. The maximum Gasteiger partial charge on any atom is 0.434 e. The van der Waals surface area contributed by atoms with Gasteiger partial charge >= 0.3 is 6.18 Å². The van der Waals surface area contributed by atoms with Crippen molar-refractivity contribution in [2.75, 3.05) is 0 Å². The van der Waals surface area contributed by atoms with Gasteiger partial charge in [0.2, 0.25) is 0 Å². The highest BCUT2D eigenvalue weighted by atomic mass is 35.5. The van der Waals surface area contributed by atoms with E-state index in [9.17, 15) is 23.1 Å². The largest absolute Gasteiger partial charge is 0.434 e. The molecule has 3 atom stereocenters. The van der Waals surface area contributed by atoms with E-state index in [1.807, 2.05) is 0 Å². The Balaban J connectivity index is 1.76. The summed E-state index contributed by atoms with van der Waals surface area (Å²) in [6.45, 7) is 0. The van der Waals surface area contributed by atoms with Crippen molar-refractivity contribution in [3.63, 3.8) is 0 Å². The Morgan fingerprint density at radius 3 is 2.67 bits per heavy atom. The van der Waals surface area contributed by atoms with Crippen LogP contribution in [0.15, 0.2) is 36.5 Å². The predicted molar refractivity (Wildman–Crippen MR) is 92.3 cm³/mol. The van der Waals surface area contributed by atoms with Crippen LogP contribution in [-0.2, 0) is 6.18 Å². The van der Waals surface area contributed by atoms with Gasteiger partial charge in [0, 0.05) is 17.8 Å². The van der Waals surface area contributed by atoms with E-state index in [2.05, 4.69) is 15.3 Å². The van der Waals surface area contributed by atoms with Crippen LogP contribution < -0.4 is 5.32 Å². The fourth-order valence-electron chi connectivity index (χ4n) is 3.20. The molecule has 0 bridgehead atoms. The molecule has 0 aliphatic heterocycles. The first kappa shape index (κ1) is 19.6. The summed E-state index contributed by atoms with van der Waals surface area (Å²) in [5.41, 5.74) is -0.673. The average molecular weight is 400 g/mol. The van der Waals surface area contributed by atoms with Gasteiger partial charge in [-0.2, -0.15) is 13.2 Å². The molecular weight excluding hydrogens is 383 g/mol. The summed E-state index contributed by atoms with van der Waals surface area (Å²) in [5.74, 6) is -0.777. The molecule has 0 aromatic carbocycles. The number of pyridine rings is 2. The smallest absolute Gasteiger partial charge is 0.391 e. The summed E-state index contributed by atoms with van der Waals surface area (Å²) in [4.78, 5) is 19.9. The van der Waals surface area contributed by atoms with E-state index in [1.54, 1.807) is 18.2 Å². The minimum absolute atomic E-state index is 0.204. The van der Waals surface area contributed by atoms with Crippen LogP contribution in [0, 0.1) is 0 Å². The zero-order valence-corrected chi connectivity index (χ0v) is 14.8. The molecule has 9 heteroatoms. The Hall–Kier alpha value is -2.19. The number of carbonyl (C=O) groups is 1. The van der Waals surface area contributed by atoms with Crippen molar-refractivity contribution in [2.24, 2.45) is 0 Å². The van der Waals surface area contributed by atoms with Crippen LogP contribution in [0.1, 0.15) is 47.1 Å². The zero-order valence-electron chi connectivity index (χ0n) is 14.1. The van der Waals surface area contributed by atoms with Gasteiger partial charge in [0.25, 0.3) is 5.91 Å². The lowest BCUT2D eigenvalue weighted by Crippen LogP contribution is -2.47. The number of alkyl halides is 3. The standard InChI is InChI=1S/C18H17ClF3N3O2/c19-11-5-6-12(24-16(11)18(20,21)22)10-4-7-15(26)14(9-10)25-17(27)13-3-1-2-8-23-13/h1-3,5-6,8,10,14-15,26H,4,7,9H2,(H,25,27)/t10-,14-,15-/m0/s1. The van der Waals surface area contributed by atoms with E-state index in [0.717, 1.165) is 0 Å². The van der Waals surface area contributed by atoms with Gasteiger partial charge in [-0.25, -0.2) is 4.98 Å². The van der Waals surface area contributed by atoms with Crippen LogP contribution in [0.5, 0.6) is 0 Å². The number of aromatic nitrogens is 2. The number of nitrogens with one attached hydrogen (secondary N) is 1. The van der Waals surface area contributed by atoms with Crippen LogP contribution in [0.4, 0.5) is 13.2 Å². The molecule has 1 amide bonds. The fraction of sp³-hybridized carbons (Fsp3) is 0.389. The monoisotopic (exact) mass is 399 g/mol. The van der Waals surface area contributed by atoms with Crippen LogP contribution in [0.2, 0.25) is 5.02 Å². The summed E-state index contributed by atoms with van der Waals surface area (Å²) in [6, 6.07) is 6.91. The SMILES string of the molecule is O=C(N[C@H]1C[C@@H](c2ccc(Cl)c(C(F)(F)F)n2)CC[C@@H]1O)c1ccccn1. The molecule has 0 spiro atoms. The summed E-state index contributed by atoms with van der Waals surface area (Å²) in [7, 11) is 0. The molecule has 2 heterocycles. The molecule has 2 aromatic rings. The molecule has 0 unspecified atom stereocenters. The van der Waals surface area contributed by atoms with E-state index >= 15 is 0 Å². The molecular formula is C18H17ClF3N3O2. The number of carbonyl (C=O) groups excluding carboxylic acids is 1. The first-order chi connectivity index (χ1) is 12.8. The maximum atomic E-state index is 13.0. The number of hydrogen-bond acceptors (Lipinski definition) is 4. The summed E-state index contributed by atoms with van der Waals surface area (Å²) < 4.78 is 39.1. The Morgan fingerprint density at radius 1 is 1.22 bits per heavy atom. The number of amides is 1. The summed E-state index contributed by atoms with van der Waals surface area (Å²) in [5, 5.41) is 12.5. The van der Waals surface area contributed by atoms with Gasteiger partial charge in [-0.05, 0) is 43.5 Å². The highest BCUT2D eigenvalue weighted by Crippen LogP contribution is 2.37. The lowest BCUT2D eigenvalue weighted by molar-refractivity contribution is -0.141. The molecule has 27 heavy (non-hydrogen) atoms. The second-order valence-electron chi connectivity index (χ2n) is 6.44. The third kappa shape index (κ3) is 4.56. The zero-order chi connectivity index (χ0) is 19.6. The average Bonchev–Trinajstić information content (AvgIpc) is 2.64. The topological polar surface area (TPSA) is 75.1 Å². The van der Waals surface area contributed by atoms with Crippen molar-refractivity contribution in [1.29, 1.82) is 0 Å². The van der Waals surface area contributed by atoms with E-state index in [4.69, 9.17) is 11.6 Å². The molecule has 3 rings (SSSR count). The van der Waals surface area contributed by atoms with Gasteiger partial charge in [0.05, 0.1) is 17.2 Å². The third-order valence-electron chi connectivity index (χ3n) is 4.58. The molecule has 1 aliphatic carbocycles. The van der Waals surface area contributed by atoms with Crippen molar-refractivity contribution in [3.05, 3.63) is 58.6 Å². The second kappa shape index (κ2) is 7.82.